The van der Waals surface area contributed by atoms with Gasteiger partial charge in [0.05, 0.1) is 10.4 Å². The maximum Gasteiger partial charge on any atom is 0.252 e. The third-order valence-corrected chi connectivity index (χ3v) is 6.69. The summed E-state index contributed by atoms with van der Waals surface area (Å²) in [4.78, 5) is 0. The molecule has 1 aromatic rings. The van der Waals surface area contributed by atoms with Crippen molar-refractivity contribution in [3.63, 3.8) is 0 Å². The van der Waals surface area contributed by atoms with Crippen LogP contribution in [0.2, 0.25) is 0 Å². The van der Waals surface area contributed by atoms with Crippen LogP contribution in [0.5, 0.6) is 0 Å². The van der Waals surface area contributed by atoms with Crippen molar-refractivity contribution in [2.24, 2.45) is 0 Å². The fraction of sp³-hybridized carbons (Fsp3) is 0.556. The van der Waals surface area contributed by atoms with E-state index < -0.39 is 10.0 Å². The molecule has 0 radical (unpaired) electrons. The summed E-state index contributed by atoms with van der Waals surface area (Å²) in [6.45, 7) is 0.398. The summed E-state index contributed by atoms with van der Waals surface area (Å²) < 4.78 is 27.0. The molecular weight excluding hydrogens is 314 g/mol. The van der Waals surface area contributed by atoms with E-state index in [1.165, 1.54) is 15.6 Å². The average molecular weight is 326 g/mol. The lowest BCUT2D eigenvalue weighted by Gasteiger charge is -2.21. The summed E-state index contributed by atoms with van der Waals surface area (Å²) >= 11 is 4.45. The van der Waals surface area contributed by atoms with Gasteiger partial charge in [-0.15, -0.1) is 11.3 Å². The predicted molar refractivity (Wildman–Crippen MR) is 66.0 cm³/mol. The molecule has 1 unspecified atom stereocenters. The Balaban J connectivity index is 2.32. The van der Waals surface area contributed by atoms with Crippen LogP contribution in [0, 0.1) is 0 Å². The number of hydrogen-bond acceptors (Lipinski definition) is 4. The molecule has 1 aliphatic heterocycles. The number of rotatable bonds is 3. The lowest BCUT2D eigenvalue weighted by molar-refractivity contribution is 0.213. The molecule has 0 aromatic carbocycles. The normalized spacial score (nSPS) is 22.8. The minimum atomic E-state index is -3.42. The lowest BCUT2D eigenvalue weighted by atomic mass is 10.2. The van der Waals surface area contributed by atoms with E-state index in [0.29, 0.717) is 10.8 Å². The maximum atomic E-state index is 12.2. The molecule has 0 amide bonds. The predicted octanol–water partition coefficient (Wildman–Crippen LogP) is 1.66. The zero-order valence-electron chi connectivity index (χ0n) is 8.47. The van der Waals surface area contributed by atoms with Crippen LogP contribution in [0.4, 0.5) is 0 Å². The van der Waals surface area contributed by atoms with Gasteiger partial charge in [0.1, 0.15) is 4.21 Å². The van der Waals surface area contributed by atoms with Crippen molar-refractivity contribution in [1.82, 2.24) is 4.31 Å². The first-order valence-corrected chi connectivity index (χ1v) is 7.98. The van der Waals surface area contributed by atoms with Crippen molar-refractivity contribution in [3.8, 4) is 0 Å². The molecule has 2 rings (SSSR count). The van der Waals surface area contributed by atoms with Gasteiger partial charge >= 0.3 is 0 Å². The van der Waals surface area contributed by atoms with Crippen LogP contribution in [0.15, 0.2) is 20.1 Å². The van der Waals surface area contributed by atoms with Gasteiger partial charge in [-0.1, -0.05) is 0 Å². The SMILES string of the molecule is O=S(=O)(c1ccc(Br)s1)N1CCCC1CO. The number of halogens is 1. The molecule has 4 nitrogen and oxygen atoms in total. The molecule has 1 aromatic heterocycles. The largest absolute Gasteiger partial charge is 0.395 e. The molecule has 1 atom stereocenters. The molecule has 1 aliphatic rings. The molecule has 16 heavy (non-hydrogen) atoms. The van der Waals surface area contributed by atoms with Gasteiger partial charge in [-0.05, 0) is 40.9 Å². The molecule has 90 valence electrons. The summed E-state index contributed by atoms with van der Waals surface area (Å²) in [6.07, 6.45) is 1.55. The zero-order chi connectivity index (χ0) is 11.8. The molecule has 2 heterocycles. The standard InChI is InChI=1S/C9H12BrNO3S2/c10-8-3-4-9(15-8)16(13,14)11-5-1-2-7(11)6-12/h3-4,7,12H,1-2,5-6H2. The van der Waals surface area contributed by atoms with Gasteiger partial charge in [-0.2, -0.15) is 4.31 Å². The average Bonchev–Trinajstić information content (AvgIpc) is 2.85. The van der Waals surface area contributed by atoms with E-state index >= 15 is 0 Å². The Hall–Kier alpha value is 0.0500. The van der Waals surface area contributed by atoms with Gasteiger partial charge in [-0.3, -0.25) is 0 Å². The second kappa shape index (κ2) is 4.73. The van der Waals surface area contributed by atoms with Gasteiger partial charge < -0.3 is 5.11 Å². The fourth-order valence-corrected chi connectivity index (χ4v) is 5.68. The first-order valence-electron chi connectivity index (χ1n) is 4.94. The fourth-order valence-electron chi connectivity index (χ4n) is 1.86. The molecule has 0 spiro atoms. The molecule has 0 bridgehead atoms. The third kappa shape index (κ3) is 2.19. The summed E-state index contributed by atoms with van der Waals surface area (Å²) in [6, 6.07) is 3.06. The number of aliphatic hydroxyl groups excluding tert-OH is 1. The van der Waals surface area contributed by atoms with Crippen LogP contribution >= 0.6 is 27.3 Å². The molecule has 1 N–H and O–H groups in total. The van der Waals surface area contributed by atoms with E-state index in [0.717, 1.165) is 16.6 Å². The number of thiophene rings is 1. The Morgan fingerprint density at radius 2 is 2.31 bits per heavy atom. The zero-order valence-corrected chi connectivity index (χ0v) is 11.7. The summed E-state index contributed by atoms with van der Waals surface area (Å²) in [7, 11) is -3.42. The topological polar surface area (TPSA) is 57.6 Å². The first-order chi connectivity index (χ1) is 7.55. The van der Waals surface area contributed by atoms with Gasteiger partial charge in [0.2, 0.25) is 0 Å². The summed E-state index contributed by atoms with van der Waals surface area (Å²) in [5.74, 6) is 0. The van der Waals surface area contributed by atoms with E-state index in [9.17, 15) is 8.42 Å². The van der Waals surface area contributed by atoms with Crippen LogP contribution in [-0.2, 0) is 10.0 Å². The quantitative estimate of drug-likeness (QED) is 0.919. The molecule has 0 aliphatic carbocycles. The molecular formula is C9H12BrNO3S2. The van der Waals surface area contributed by atoms with Gasteiger partial charge in [0.15, 0.2) is 0 Å². The number of sulfonamides is 1. The smallest absolute Gasteiger partial charge is 0.252 e. The lowest BCUT2D eigenvalue weighted by Crippen LogP contribution is -2.37. The van der Waals surface area contributed by atoms with Crippen LogP contribution in [0.3, 0.4) is 0 Å². The highest BCUT2D eigenvalue weighted by Gasteiger charge is 2.35. The Labute approximate surface area is 107 Å². The highest BCUT2D eigenvalue weighted by atomic mass is 79.9. The Bertz CT molecular complexity index is 471. The molecule has 1 fully saturated rings. The highest BCUT2D eigenvalue weighted by Crippen LogP contribution is 2.32. The number of aliphatic hydroxyl groups is 1. The summed E-state index contributed by atoms with van der Waals surface area (Å²) in [5, 5.41) is 9.14. The minimum Gasteiger partial charge on any atom is -0.395 e. The van der Waals surface area contributed by atoms with Crippen LogP contribution < -0.4 is 0 Å². The second-order valence-electron chi connectivity index (χ2n) is 3.65. The van der Waals surface area contributed by atoms with Gasteiger partial charge in [0, 0.05) is 12.6 Å². The van der Waals surface area contributed by atoms with E-state index in [2.05, 4.69) is 15.9 Å². The molecule has 1 saturated heterocycles. The van der Waals surface area contributed by atoms with Crippen LogP contribution in [0.25, 0.3) is 0 Å². The Morgan fingerprint density at radius 3 is 2.88 bits per heavy atom. The monoisotopic (exact) mass is 325 g/mol. The van der Waals surface area contributed by atoms with Crippen molar-refractivity contribution in [1.29, 1.82) is 0 Å². The number of hydrogen-bond donors (Lipinski definition) is 1. The first kappa shape index (κ1) is 12.5. The highest BCUT2D eigenvalue weighted by molar-refractivity contribution is 9.11. The summed E-state index contributed by atoms with van der Waals surface area (Å²) in [5.41, 5.74) is 0. The second-order valence-corrected chi connectivity index (χ2v) is 8.23. The van der Waals surface area contributed by atoms with E-state index in [1.54, 1.807) is 12.1 Å². The molecule has 0 saturated carbocycles. The number of nitrogens with zero attached hydrogens (tertiary/aromatic N) is 1. The van der Waals surface area contributed by atoms with E-state index in [1.807, 2.05) is 0 Å². The van der Waals surface area contributed by atoms with Crippen LogP contribution in [0.1, 0.15) is 12.8 Å². The van der Waals surface area contributed by atoms with Crippen molar-refractivity contribution >= 4 is 37.3 Å². The minimum absolute atomic E-state index is 0.105. The third-order valence-electron chi connectivity index (χ3n) is 2.65. The van der Waals surface area contributed by atoms with Gasteiger partial charge in [0.25, 0.3) is 10.0 Å². The Morgan fingerprint density at radius 1 is 1.56 bits per heavy atom. The van der Waals surface area contributed by atoms with Crippen molar-refractivity contribution in [3.05, 3.63) is 15.9 Å². The van der Waals surface area contributed by atoms with E-state index in [-0.39, 0.29) is 12.6 Å². The Kier molecular flexibility index (Phi) is 3.70. The van der Waals surface area contributed by atoms with Crippen molar-refractivity contribution in [2.45, 2.75) is 23.1 Å². The molecule has 7 heteroatoms. The van der Waals surface area contributed by atoms with Crippen molar-refractivity contribution in [2.75, 3.05) is 13.2 Å². The van der Waals surface area contributed by atoms with Crippen LogP contribution in [-0.4, -0.2) is 37.0 Å². The van der Waals surface area contributed by atoms with Crippen molar-refractivity contribution < 1.29 is 13.5 Å². The van der Waals surface area contributed by atoms with E-state index in [4.69, 9.17) is 5.11 Å². The van der Waals surface area contributed by atoms with Gasteiger partial charge in [-0.25, -0.2) is 8.42 Å². The maximum absolute atomic E-state index is 12.2.